The second-order valence-electron chi connectivity index (χ2n) is 8.92. The third kappa shape index (κ3) is 2.65. The van der Waals surface area contributed by atoms with Crippen molar-refractivity contribution in [2.24, 2.45) is 22.7 Å². The van der Waals surface area contributed by atoms with Crippen LogP contribution in [0.5, 0.6) is 0 Å². The van der Waals surface area contributed by atoms with Crippen molar-refractivity contribution in [2.45, 2.75) is 59.3 Å². The molecule has 0 aliphatic heterocycles. The van der Waals surface area contributed by atoms with Crippen LogP contribution in [0, 0.1) is 22.7 Å². The van der Waals surface area contributed by atoms with Gasteiger partial charge >= 0.3 is 0 Å². The molecule has 0 unspecified atom stereocenters. The monoisotopic (exact) mass is 357 g/mol. The lowest BCUT2D eigenvalue weighted by atomic mass is 9.46. The zero-order valence-electron chi connectivity index (χ0n) is 16.4. The van der Waals surface area contributed by atoms with Crippen molar-refractivity contribution in [1.29, 1.82) is 0 Å². The van der Waals surface area contributed by atoms with Gasteiger partial charge in [-0.3, -0.25) is 9.59 Å². The molecule has 3 aliphatic carbocycles. The summed E-state index contributed by atoms with van der Waals surface area (Å²) in [5.74, 6) is -0.347. The summed E-state index contributed by atoms with van der Waals surface area (Å²) in [6.07, 6.45) is 7.16. The lowest BCUT2D eigenvalue weighted by Gasteiger charge is -2.59. The molecule has 3 rings (SSSR count). The molecule has 0 aromatic rings. The van der Waals surface area contributed by atoms with E-state index in [1.165, 1.54) is 11.6 Å². The zero-order valence-corrected chi connectivity index (χ0v) is 16.4. The van der Waals surface area contributed by atoms with Crippen molar-refractivity contribution in [3.05, 3.63) is 35.3 Å². The van der Waals surface area contributed by atoms with E-state index in [0.29, 0.717) is 24.0 Å². The van der Waals surface area contributed by atoms with E-state index in [1.807, 2.05) is 0 Å². The van der Waals surface area contributed by atoms with Gasteiger partial charge in [0.2, 0.25) is 11.6 Å². The fourth-order valence-electron chi connectivity index (χ4n) is 5.68. The van der Waals surface area contributed by atoms with E-state index in [2.05, 4.69) is 32.7 Å². The molecule has 4 nitrogen and oxygen atoms in total. The zero-order chi connectivity index (χ0) is 19.3. The third-order valence-electron chi connectivity index (χ3n) is 7.71. The summed E-state index contributed by atoms with van der Waals surface area (Å²) in [5.41, 5.74) is 1.88. The van der Waals surface area contributed by atoms with E-state index in [-0.39, 0.29) is 22.2 Å². The van der Waals surface area contributed by atoms with Crippen LogP contribution in [0.1, 0.15) is 59.3 Å². The summed E-state index contributed by atoms with van der Waals surface area (Å²) >= 11 is 0. The molecule has 0 saturated heterocycles. The number of likely N-dealkylation sites (N-methyl/N-ethyl adjacent to an activating group) is 1. The van der Waals surface area contributed by atoms with Gasteiger partial charge in [0.1, 0.15) is 5.76 Å². The van der Waals surface area contributed by atoms with Crippen molar-refractivity contribution in [3.8, 4) is 0 Å². The van der Waals surface area contributed by atoms with Crippen LogP contribution in [-0.2, 0) is 9.59 Å². The highest BCUT2D eigenvalue weighted by Gasteiger charge is 2.54. The van der Waals surface area contributed by atoms with E-state index >= 15 is 0 Å². The first-order valence-corrected chi connectivity index (χ1v) is 9.74. The average Bonchev–Trinajstić information content (AvgIpc) is 2.61. The minimum Gasteiger partial charge on any atom is -0.505 e. The summed E-state index contributed by atoms with van der Waals surface area (Å²) in [5, 5.41) is 13.5. The van der Waals surface area contributed by atoms with Crippen molar-refractivity contribution in [2.75, 3.05) is 7.05 Å². The number of carbonyl (C=O) groups excluding carboxylic acids is 2. The average molecular weight is 357 g/mol. The first-order chi connectivity index (χ1) is 12.1. The van der Waals surface area contributed by atoms with Crippen LogP contribution in [0.3, 0.4) is 0 Å². The number of Topliss-reactive ketones (excluding diaryl/α,β-unsaturated/α-hetero) is 1. The van der Waals surface area contributed by atoms with E-state index in [9.17, 15) is 14.7 Å². The summed E-state index contributed by atoms with van der Waals surface area (Å²) in [4.78, 5) is 24.7. The Labute approximate surface area is 156 Å². The number of aliphatic hydroxyl groups is 1. The molecular formula is C22H31NO3. The molecule has 0 amide bonds. The van der Waals surface area contributed by atoms with Crippen LogP contribution in [0.25, 0.3) is 0 Å². The highest BCUT2D eigenvalue weighted by atomic mass is 16.3. The smallest absolute Gasteiger partial charge is 0.232 e. The Balaban J connectivity index is 2.03. The topological polar surface area (TPSA) is 66.4 Å². The second kappa shape index (κ2) is 6.40. The van der Waals surface area contributed by atoms with Gasteiger partial charge in [-0.25, -0.2) is 0 Å². The van der Waals surface area contributed by atoms with Gasteiger partial charge in [-0.05, 0) is 61.2 Å². The lowest BCUT2D eigenvalue weighted by molar-refractivity contribution is -0.132. The van der Waals surface area contributed by atoms with Crippen LogP contribution in [0.4, 0.5) is 0 Å². The first-order valence-electron chi connectivity index (χ1n) is 9.74. The molecule has 2 saturated carbocycles. The molecule has 142 valence electrons. The van der Waals surface area contributed by atoms with Gasteiger partial charge in [0.25, 0.3) is 0 Å². The van der Waals surface area contributed by atoms with Gasteiger partial charge < -0.3 is 10.4 Å². The molecule has 0 aromatic carbocycles. The van der Waals surface area contributed by atoms with Crippen LogP contribution >= 0.6 is 0 Å². The largest absolute Gasteiger partial charge is 0.505 e. The third-order valence-corrected chi connectivity index (χ3v) is 7.71. The highest BCUT2D eigenvalue weighted by Crippen LogP contribution is 2.63. The van der Waals surface area contributed by atoms with E-state index in [1.54, 1.807) is 7.05 Å². The number of nitrogens with one attached hydrogen (secondary N) is 1. The minimum atomic E-state index is -0.558. The van der Waals surface area contributed by atoms with Crippen LogP contribution in [0.15, 0.2) is 35.3 Å². The van der Waals surface area contributed by atoms with Gasteiger partial charge in [-0.2, -0.15) is 0 Å². The molecule has 4 atom stereocenters. The van der Waals surface area contributed by atoms with Gasteiger partial charge in [0, 0.05) is 18.7 Å². The number of carbonyl (C=O) groups is 2. The molecule has 0 radical (unpaired) electrons. The summed E-state index contributed by atoms with van der Waals surface area (Å²) in [6, 6.07) is 0. The Morgan fingerprint density at radius 3 is 2.65 bits per heavy atom. The number of allylic oxidation sites excluding steroid dienone is 3. The van der Waals surface area contributed by atoms with Gasteiger partial charge in [0.05, 0.1) is 5.70 Å². The molecular weight excluding hydrogens is 326 g/mol. The Morgan fingerprint density at radius 1 is 1.31 bits per heavy atom. The fraction of sp³-hybridized carbons (Fsp3) is 0.636. The SMILES string of the molecule is C=C1CCC[C@H]2[C@](C)(CC3=C(O)C(NC)=CC(=O)C3=O)[C@@H](C)CC[C@]12C. The predicted molar refractivity (Wildman–Crippen MR) is 103 cm³/mol. The molecule has 2 N–H and O–H groups in total. The van der Waals surface area contributed by atoms with Crippen molar-refractivity contribution in [3.63, 3.8) is 0 Å². The number of hydrogen-bond donors (Lipinski definition) is 2. The molecule has 0 bridgehead atoms. The molecule has 0 spiro atoms. The predicted octanol–water partition coefficient (Wildman–Crippen LogP) is 4.24. The number of aliphatic hydroxyl groups excluding tert-OH is 1. The Bertz CT molecular complexity index is 732. The summed E-state index contributed by atoms with van der Waals surface area (Å²) < 4.78 is 0. The van der Waals surface area contributed by atoms with E-state index in [0.717, 1.165) is 32.1 Å². The number of rotatable bonds is 3. The Hall–Kier alpha value is -1.84. The molecule has 26 heavy (non-hydrogen) atoms. The highest BCUT2D eigenvalue weighted by molar-refractivity contribution is 6.48. The summed E-state index contributed by atoms with van der Waals surface area (Å²) in [7, 11) is 1.65. The Morgan fingerprint density at radius 2 is 2.00 bits per heavy atom. The lowest BCUT2D eigenvalue weighted by Crippen LogP contribution is -2.51. The van der Waals surface area contributed by atoms with Crippen LogP contribution in [-0.4, -0.2) is 23.7 Å². The van der Waals surface area contributed by atoms with Crippen LogP contribution in [0.2, 0.25) is 0 Å². The van der Waals surface area contributed by atoms with Crippen molar-refractivity contribution < 1.29 is 14.7 Å². The molecule has 0 aromatic heterocycles. The van der Waals surface area contributed by atoms with Gasteiger partial charge in [-0.15, -0.1) is 0 Å². The second-order valence-corrected chi connectivity index (χ2v) is 8.92. The van der Waals surface area contributed by atoms with Crippen LogP contribution < -0.4 is 5.32 Å². The number of hydrogen-bond acceptors (Lipinski definition) is 4. The number of fused-ring (bicyclic) bond motifs is 1. The van der Waals surface area contributed by atoms with Gasteiger partial charge in [0.15, 0.2) is 0 Å². The van der Waals surface area contributed by atoms with E-state index in [4.69, 9.17) is 0 Å². The molecule has 2 fully saturated rings. The molecule has 0 heterocycles. The molecule has 3 aliphatic rings. The standard InChI is InChI=1S/C22H31NO3/c1-13-7-6-8-18-21(13,3)10-9-14(2)22(18,4)12-15-19(25)16(23-5)11-17(24)20(15)26/h11,14,18,23,25H,1,6-10,12H2,2-5H3/t14-,18+,21+,22+/m0/s1. The summed E-state index contributed by atoms with van der Waals surface area (Å²) in [6.45, 7) is 11.2. The Kier molecular flexibility index (Phi) is 4.66. The van der Waals surface area contributed by atoms with E-state index < -0.39 is 11.6 Å². The minimum absolute atomic E-state index is 0.0626. The maximum atomic E-state index is 12.6. The maximum absolute atomic E-state index is 12.6. The first kappa shape index (κ1) is 18.9. The van der Waals surface area contributed by atoms with Crippen molar-refractivity contribution in [1.82, 2.24) is 5.32 Å². The maximum Gasteiger partial charge on any atom is 0.232 e. The quantitative estimate of drug-likeness (QED) is 0.450. The van der Waals surface area contributed by atoms with Crippen molar-refractivity contribution >= 4 is 11.6 Å². The molecule has 4 heteroatoms. The normalized spacial score (nSPS) is 38.2. The van der Waals surface area contributed by atoms with Gasteiger partial charge in [-0.1, -0.05) is 32.9 Å². The number of ketones is 2. The fourth-order valence-corrected chi connectivity index (χ4v) is 5.68.